The molecule has 0 aliphatic rings. The average molecular weight is 249 g/mol. The summed E-state index contributed by atoms with van der Waals surface area (Å²) in [7, 11) is 1.82. The van der Waals surface area contributed by atoms with E-state index < -0.39 is 11.7 Å². The molecule has 2 heterocycles. The molecule has 0 aliphatic heterocycles. The second-order valence-corrected chi connectivity index (χ2v) is 4.88. The summed E-state index contributed by atoms with van der Waals surface area (Å²) in [5.41, 5.74) is 0.627. The minimum Gasteiger partial charge on any atom is -0.444 e. The molecule has 2 rings (SSSR count). The highest BCUT2D eigenvalue weighted by Crippen LogP contribution is 2.17. The molecule has 2 aromatic rings. The van der Waals surface area contributed by atoms with E-state index in [2.05, 4.69) is 20.3 Å². The number of rotatable bonds is 1. The molecule has 0 aliphatic carbocycles. The van der Waals surface area contributed by atoms with Gasteiger partial charge in [0.05, 0.1) is 6.33 Å². The van der Waals surface area contributed by atoms with Crippen LogP contribution in [0, 0.1) is 0 Å². The van der Waals surface area contributed by atoms with Crippen LogP contribution in [0.3, 0.4) is 0 Å². The van der Waals surface area contributed by atoms with Crippen LogP contribution in [0.15, 0.2) is 12.7 Å². The molecule has 2 aromatic heterocycles. The fourth-order valence-electron chi connectivity index (χ4n) is 1.44. The van der Waals surface area contributed by atoms with Crippen molar-refractivity contribution in [2.75, 3.05) is 5.32 Å². The first-order chi connectivity index (χ1) is 8.37. The first-order valence-corrected chi connectivity index (χ1v) is 5.49. The number of carbonyl (C=O) groups is 1. The molecular weight excluding hydrogens is 234 g/mol. The number of anilines is 1. The van der Waals surface area contributed by atoms with E-state index in [1.54, 1.807) is 31.7 Å². The number of ether oxygens (including phenoxy) is 1. The van der Waals surface area contributed by atoms with E-state index >= 15 is 0 Å². The summed E-state index contributed by atoms with van der Waals surface area (Å²) in [5, 5.41) is 2.57. The molecule has 0 unspecified atom stereocenters. The van der Waals surface area contributed by atoms with Crippen LogP contribution in [0.1, 0.15) is 20.8 Å². The van der Waals surface area contributed by atoms with E-state index in [-0.39, 0.29) is 0 Å². The molecule has 0 spiro atoms. The molecule has 0 atom stereocenters. The summed E-state index contributed by atoms with van der Waals surface area (Å²) in [6.45, 7) is 5.38. The van der Waals surface area contributed by atoms with Crippen LogP contribution in [0.5, 0.6) is 0 Å². The Bertz CT molecular complexity index is 585. The highest BCUT2D eigenvalue weighted by molar-refractivity contribution is 5.93. The number of fused-ring (bicyclic) bond motifs is 1. The molecule has 0 radical (unpaired) electrons. The van der Waals surface area contributed by atoms with Crippen LogP contribution in [0.25, 0.3) is 11.2 Å². The SMILES string of the molecule is Cn1cnc2c(NC(=O)OC(C)(C)C)ncnc21. The summed E-state index contributed by atoms with van der Waals surface area (Å²) < 4.78 is 6.90. The lowest BCUT2D eigenvalue weighted by Crippen LogP contribution is -2.27. The molecule has 1 N–H and O–H groups in total. The van der Waals surface area contributed by atoms with Gasteiger partial charge in [-0.15, -0.1) is 0 Å². The van der Waals surface area contributed by atoms with Crippen molar-refractivity contribution in [2.45, 2.75) is 26.4 Å². The maximum absolute atomic E-state index is 11.7. The zero-order chi connectivity index (χ0) is 13.3. The van der Waals surface area contributed by atoms with Crippen molar-refractivity contribution < 1.29 is 9.53 Å². The molecule has 7 nitrogen and oxygen atoms in total. The number of hydrogen-bond donors (Lipinski definition) is 1. The topological polar surface area (TPSA) is 81.9 Å². The van der Waals surface area contributed by atoms with Gasteiger partial charge in [0.1, 0.15) is 11.9 Å². The Labute approximate surface area is 104 Å². The Morgan fingerprint density at radius 1 is 1.33 bits per heavy atom. The number of nitrogens with zero attached hydrogens (tertiary/aromatic N) is 4. The maximum atomic E-state index is 11.7. The number of carbonyl (C=O) groups excluding carboxylic acids is 1. The van der Waals surface area contributed by atoms with Gasteiger partial charge in [0, 0.05) is 7.05 Å². The molecule has 1 amide bonds. The van der Waals surface area contributed by atoms with Gasteiger partial charge in [-0.2, -0.15) is 0 Å². The highest BCUT2D eigenvalue weighted by Gasteiger charge is 2.18. The number of aromatic nitrogens is 4. The first kappa shape index (κ1) is 12.3. The maximum Gasteiger partial charge on any atom is 0.413 e. The van der Waals surface area contributed by atoms with Gasteiger partial charge in [-0.05, 0) is 20.8 Å². The normalized spacial score (nSPS) is 11.6. The Hall–Kier alpha value is -2.18. The standard InChI is InChI=1S/C11H15N5O2/c1-11(2,3)18-10(17)15-8-7-9(13-5-12-8)16(4)6-14-7/h5-6H,1-4H3,(H,12,13,15,17). The fourth-order valence-corrected chi connectivity index (χ4v) is 1.44. The van der Waals surface area contributed by atoms with Crippen molar-refractivity contribution in [1.29, 1.82) is 0 Å². The summed E-state index contributed by atoms with van der Waals surface area (Å²) in [5.74, 6) is 0.342. The van der Waals surface area contributed by atoms with E-state index in [9.17, 15) is 4.79 Å². The number of amides is 1. The van der Waals surface area contributed by atoms with Crippen LogP contribution in [0.4, 0.5) is 10.6 Å². The number of imidazole rings is 1. The van der Waals surface area contributed by atoms with Crippen LogP contribution in [0.2, 0.25) is 0 Å². The molecule has 0 saturated carbocycles. The van der Waals surface area contributed by atoms with Gasteiger partial charge >= 0.3 is 6.09 Å². The van der Waals surface area contributed by atoms with Gasteiger partial charge in [0.2, 0.25) is 0 Å². The van der Waals surface area contributed by atoms with Crippen molar-refractivity contribution >= 4 is 23.1 Å². The molecule has 0 fully saturated rings. The third kappa shape index (κ3) is 2.55. The second-order valence-electron chi connectivity index (χ2n) is 4.88. The Balaban J connectivity index is 2.24. The largest absolute Gasteiger partial charge is 0.444 e. The third-order valence-corrected chi connectivity index (χ3v) is 2.12. The van der Waals surface area contributed by atoms with Gasteiger partial charge < -0.3 is 9.30 Å². The Morgan fingerprint density at radius 3 is 2.72 bits per heavy atom. The lowest BCUT2D eigenvalue weighted by atomic mass is 10.2. The third-order valence-electron chi connectivity index (χ3n) is 2.12. The van der Waals surface area contributed by atoms with Crippen molar-refractivity contribution in [1.82, 2.24) is 19.5 Å². The molecule has 7 heteroatoms. The van der Waals surface area contributed by atoms with E-state index in [4.69, 9.17) is 4.74 Å². The van der Waals surface area contributed by atoms with Crippen molar-refractivity contribution in [3.05, 3.63) is 12.7 Å². The van der Waals surface area contributed by atoms with E-state index in [0.29, 0.717) is 17.0 Å². The van der Waals surface area contributed by atoms with Gasteiger partial charge in [0.25, 0.3) is 0 Å². The van der Waals surface area contributed by atoms with Crippen molar-refractivity contribution in [3.63, 3.8) is 0 Å². The highest BCUT2D eigenvalue weighted by atomic mass is 16.6. The van der Waals surface area contributed by atoms with Gasteiger partial charge in [0.15, 0.2) is 17.0 Å². The minimum absolute atomic E-state index is 0.342. The van der Waals surface area contributed by atoms with E-state index in [1.165, 1.54) is 6.33 Å². The Kier molecular flexibility index (Phi) is 2.90. The van der Waals surface area contributed by atoms with Gasteiger partial charge in [-0.3, -0.25) is 5.32 Å². The minimum atomic E-state index is -0.562. The van der Waals surface area contributed by atoms with Crippen LogP contribution in [-0.4, -0.2) is 31.2 Å². The lowest BCUT2D eigenvalue weighted by Gasteiger charge is -2.19. The van der Waals surface area contributed by atoms with Crippen LogP contribution >= 0.6 is 0 Å². The summed E-state index contributed by atoms with van der Waals surface area (Å²) >= 11 is 0. The Morgan fingerprint density at radius 2 is 2.06 bits per heavy atom. The lowest BCUT2D eigenvalue weighted by molar-refractivity contribution is 0.0635. The molecule has 0 bridgehead atoms. The zero-order valence-electron chi connectivity index (χ0n) is 10.8. The van der Waals surface area contributed by atoms with E-state index in [0.717, 1.165) is 0 Å². The van der Waals surface area contributed by atoms with Crippen LogP contribution in [-0.2, 0) is 11.8 Å². The fraction of sp³-hybridized carbons (Fsp3) is 0.455. The quantitative estimate of drug-likeness (QED) is 0.832. The summed E-state index contributed by atoms with van der Waals surface area (Å²) in [4.78, 5) is 23.9. The predicted molar refractivity (Wildman–Crippen MR) is 66.2 cm³/mol. The summed E-state index contributed by atoms with van der Waals surface area (Å²) in [6, 6.07) is 0. The van der Waals surface area contributed by atoms with E-state index in [1.807, 2.05) is 7.05 Å². The number of nitrogens with one attached hydrogen (secondary N) is 1. The predicted octanol–water partition coefficient (Wildman–Crippen LogP) is 1.71. The van der Waals surface area contributed by atoms with Gasteiger partial charge in [-0.1, -0.05) is 0 Å². The second kappa shape index (κ2) is 4.25. The monoisotopic (exact) mass is 249 g/mol. The smallest absolute Gasteiger partial charge is 0.413 e. The molecule has 0 aromatic carbocycles. The number of aryl methyl sites for hydroxylation is 1. The van der Waals surface area contributed by atoms with Crippen molar-refractivity contribution in [3.8, 4) is 0 Å². The summed E-state index contributed by atoms with van der Waals surface area (Å²) in [6.07, 6.45) is 2.42. The zero-order valence-corrected chi connectivity index (χ0v) is 10.8. The van der Waals surface area contributed by atoms with Crippen molar-refractivity contribution in [2.24, 2.45) is 7.05 Å². The molecule has 96 valence electrons. The van der Waals surface area contributed by atoms with Gasteiger partial charge in [-0.25, -0.2) is 19.7 Å². The first-order valence-electron chi connectivity index (χ1n) is 5.49. The molecular formula is C11H15N5O2. The van der Waals surface area contributed by atoms with Crippen LogP contribution < -0.4 is 5.32 Å². The molecule has 18 heavy (non-hydrogen) atoms. The molecule has 0 saturated heterocycles. The number of hydrogen-bond acceptors (Lipinski definition) is 5. The average Bonchev–Trinajstić information content (AvgIpc) is 2.59.